The fraction of sp³-hybridized carbons (Fsp3) is 0.700. The average molecular weight is 367 g/mol. The van der Waals surface area contributed by atoms with Gasteiger partial charge in [-0.3, -0.25) is 4.57 Å². The van der Waals surface area contributed by atoms with Gasteiger partial charge < -0.3 is 13.9 Å². The van der Waals surface area contributed by atoms with E-state index in [1.807, 2.05) is 32.0 Å². The molecule has 1 unspecified atom stereocenters. The summed E-state index contributed by atoms with van der Waals surface area (Å²) in [7, 11) is -3.26. The van der Waals surface area contributed by atoms with E-state index >= 15 is 0 Å². The van der Waals surface area contributed by atoms with Gasteiger partial charge in [0, 0.05) is 12.2 Å². The minimum Gasteiger partial charge on any atom is -0.355 e. The Morgan fingerprint density at radius 1 is 1.04 bits per heavy atom. The fourth-order valence-electron chi connectivity index (χ4n) is 3.96. The number of hydrogen-bond donors (Lipinski definition) is 0. The van der Waals surface area contributed by atoms with Crippen LogP contribution in [-0.4, -0.2) is 25.0 Å². The maximum absolute atomic E-state index is 14.0. The Kier molecular flexibility index (Phi) is 7.99. The Morgan fingerprint density at radius 3 is 2.32 bits per heavy atom. The summed E-state index contributed by atoms with van der Waals surface area (Å²) in [6.07, 6.45) is 7.24. The van der Waals surface area contributed by atoms with E-state index in [2.05, 4.69) is 24.0 Å². The number of nitrogens with zero attached hydrogens (tertiary/aromatic N) is 1. The van der Waals surface area contributed by atoms with Gasteiger partial charge in [-0.15, -0.1) is 0 Å². The molecule has 1 aromatic rings. The largest absolute Gasteiger partial charge is 0.355 e. The molecule has 1 fully saturated rings. The van der Waals surface area contributed by atoms with E-state index in [0.29, 0.717) is 13.2 Å². The van der Waals surface area contributed by atoms with Crippen LogP contribution < -0.4 is 4.90 Å². The smallest absolute Gasteiger partial charge is 0.355 e. The van der Waals surface area contributed by atoms with Crippen molar-refractivity contribution in [2.45, 2.75) is 71.0 Å². The highest BCUT2D eigenvalue weighted by Gasteiger charge is 2.55. The van der Waals surface area contributed by atoms with E-state index in [-0.39, 0.29) is 0 Å². The van der Waals surface area contributed by atoms with Crippen LogP contribution in [0.3, 0.4) is 0 Å². The lowest BCUT2D eigenvalue weighted by molar-refractivity contribution is 0.179. The molecule has 142 valence electrons. The third-order valence-electron chi connectivity index (χ3n) is 5.07. The third kappa shape index (κ3) is 4.48. The molecule has 1 aromatic carbocycles. The predicted octanol–water partition coefficient (Wildman–Crippen LogP) is 6.22. The van der Waals surface area contributed by atoms with Gasteiger partial charge >= 0.3 is 7.60 Å². The van der Waals surface area contributed by atoms with E-state index in [0.717, 1.165) is 57.2 Å². The predicted molar refractivity (Wildman–Crippen MR) is 105 cm³/mol. The zero-order valence-corrected chi connectivity index (χ0v) is 17.0. The van der Waals surface area contributed by atoms with E-state index in [1.54, 1.807) is 0 Å². The molecule has 0 spiro atoms. The quantitative estimate of drug-likeness (QED) is 0.363. The number of piperidine rings is 1. The van der Waals surface area contributed by atoms with Crippen LogP contribution in [0, 0.1) is 0 Å². The van der Waals surface area contributed by atoms with Crippen LogP contribution in [0.25, 0.3) is 0 Å². The Hall–Kier alpha value is -0.830. The maximum atomic E-state index is 14.0. The van der Waals surface area contributed by atoms with Crippen LogP contribution in [0.4, 0.5) is 5.69 Å². The van der Waals surface area contributed by atoms with Gasteiger partial charge in [0.1, 0.15) is 5.28 Å². The molecule has 0 aromatic heterocycles. The van der Waals surface area contributed by atoms with Crippen molar-refractivity contribution in [3.8, 4) is 0 Å². The molecule has 4 nitrogen and oxygen atoms in total. The van der Waals surface area contributed by atoms with E-state index in [9.17, 15) is 4.57 Å². The molecule has 2 rings (SSSR count). The van der Waals surface area contributed by atoms with Crippen molar-refractivity contribution in [1.29, 1.82) is 0 Å². The first kappa shape index (κ1) is 20.5. The summed E-state index contributed by atoms with van der Waals surface area (Å²) < 4.78 is 25.8. The highest BCUT2D eigenvalue weighted by atomic mass is 31.2. The molecule has 1 saturated heterocycles. The van der Waals surface area contributed by atoms with Crippen LogP contribution in [0.15, 0.2) is 30.3 Å². The third-order valence-corrected chi connectivity index (χ3v) is 7.97. The summed E-state index contributed by atoms with van der Waals surface area (Å²) in [4.78, 5) is 2.33. The van der Waals surface area contributed by atoms with Crippen molar-refractivity contribution < 1.29 is 13.6 Å². The lowest BCUT2D eigenvalue weighted by atomic mass is 9.95. The standard InChI is InChI=1S/C20H34NO3P/c1-4-7-11-16-20(25(22,23-5-2)24-6-3)17-12-13-18-21(20)19-14-9-8-10-15-19/h8-10,14-15H,4-7,11-13,16-18H2,1-3H3. The molecule has 1 aliphatic heterocycles. The molecule has 1 heterocycles. The molecule has 0 bridgehead atoms. The Bertz CT molecular complexity index is 541. The second-order valence-electron chi connectivity index (χ2n) is 6.72. The summed E-state index contributed by atoms with van der Waals surface area (Å²) in [6, 6.07) is 10.3. The van der Waals surface area contributed by atoms with E-state index < -0.39 is 12.9 Å². The number of para-hydroxylation sites is 1. The van der Waals surface area contributed by atoms with Gasteiger partial charge in [0.05, 0.1) is 13.2 Å². The van der Waals surface area contributed by atoms with Crippen LogP contribution in [-0.2, 0) is 13.6 Å². The minimum atomic E-state index is -3.26. The highest BCUT2D eigenvalue weighted by Crippen LogP contribution is 2.66. The van der Waals surface area contributed by atoms with Crippen molar-refractivity contribution in [2.24, 2.45) is 0 Å². The molecule has 5 heteroatoms. The van der Waals surface area contributed by atoms with Crippen molar-refractivity contribution in [2.75, 3.05) is 24.7 Å². The summed E-state index contributed by atoms with van der Waals surface area (Å²) in [6.45, 7) is 7.74. The number of anilines is 1. The van der Waals surface area contributed by atoms with Crippen LogP contribution in [0.1, 0.15) is 65.7 Å². The molecular formula is C20H34NO3P. The SMILES string of the molecule is CCCCCC1(P(=O)(OCC)OCC)CCCCN1c1ccccc1. The number of hydrogen-bond acceptors (Lipinski definition) is 4. The molecule has 1 atom stereocenters. The zero-order chi connectivity index (χ0) is 18.2. The summed E-state index contributed by atoms with van der Waals surface area (Å²) in [5.41, 5.74) is 1.12. The molecule has 25 heavy (non-hydrogen) atoms. The van der Waals surface area contributed by atoms with Crippen LogP contribution in [0.5, 0.6) is 0 Å². The summed E-state index contributed by atoms with van der Waals surface area (Å²) in [5.74, 6) is 0. The minimum absolute atomic E-state index is 0.412. The Labute approximate surface area is 153 Å². The summed E-state index contributed by atoms with van der Waals surface area (Å²) in [5, 5.41) is -0.548. The Balaban J connectivity index is 2.48. The maximum Gasteiger partial charge on any atom is 0.355 e. The van der Waals surface area contributed by atoms with Gasteiger partial charge in [-0.05, 0) is 51.7 Å². The molecular weight excluding hydrogens is 333 g/mol. The first-order chi connectivity index (χ1) is 12.1. The second kappa shape index (κ2) is 9.75. The summed E-state index contributed by atoms with van der Waals surface area (Å²) >= 11 is 0. The van der Waals surface area contributed by atoms with Gasteiger partial charge in [-0.25, -0.2) is 0 Å². The second-order valence-corrected chi connectivity index (χ2v) is 9.06. The van der Waals surface area contributed by atoms with Gasteiger partial charge in [-0.1, -0.05) is 44.4 Å². The number of benzene rings is 1. The molecule has 0 aliphatic carbocycles. The molecule has 0 radical (unpaired) electrons. The lowest BCUT2D eigenvalue weighted by Gasteiger charge is -2.51. The van der Waals surface area contributed by atoms with Crippen molar-refractivity contribution >= 4 is 13.3 Å². The van der Waals surface area contributed by atoms with Gasteiger partial charge in [0.25, 0.3) is 0 Å². The first-order valence-corrected chi connectivity index (χ1v) is 11.4. The van der Waals surface area contributed by atoms with Crippen molar-refractivity contribution in [3.63, 3.8) is 0 Å². The molecule has 0 amide bonds. The van der Waals surface area contributed by atoms with Crippen molar-refractivity contribution in [1.82, 2.24) is 0 Å². The van der Waals surface area contributed by atoms with Gasteiger partial charge in [-0.2, -0.15) is 0 Å². The Morgan fingerprint density at radius 2 is 1.72 bits per heavy atom. The van der Waals surface area contributed by atoms with Crippen LogP contribution in [0.2, 0.25) is 0 Å². The first-order valence-electron chi connectivity index (χ1n) is 9.85. The highest BCUT2D eigenvalue weighted by molar-refractivity contribution is 7.55. The van der Waals surface area contributed by atoms with Gasteiger partial charge in [0.15, 0.2) is 0 Å². The van der Waals surface area contributed by atoms with E-state index in [4.69, 9.17) is 9.05 Å². The topological polar surface area (TPSA) is 38.8 Å². The van der Waals surface area contributed by atoms with Gasteiger partial charge in [0.2, 0.25) is 0 Å². The molecule has 0 saturated carbocycles. The van der Waals surface area contributed by atoms with Crippen molar-refractivity contribution in [3.05, 3.63) is 30.3 Å². The van der Waals surface area contributed by atoms with E-state index in [1.165, 1.54) is 0 Å². The molecule has 1 aliphatic rings. The molecule has 0 N–H and O–H groups in total. The zero-order valence-electron chi connectivity index (χ0n) is 16.1. The lowest BCUT2D eigenvalue weighted by Crippen LogP contribution is -2.52. The number of rotatable bonds is 10. The fourth-order valence-corrected chi connectivity index (χ4v) is 6.57. The number of unbranched alkanes of at least 4 members (excludes halogenated alkanes) is 2. The average Bonchev–Trinajstić information content (AvgIpc) is 2.63. The monoisotopic (exact) mass is 367 g/mol. The van der Waals surface area contributed by atoms with Crippen LogP contribution >= 0.6 is 7.60 Å². The normalized spacial score (nSPS) is 21.5.